The molecule has 3 nitrogen and oxygen atoms in total. The third kappa shape index (κ3) is 3.49. The second-order valence-electron chi connectivity index (χ2n) is 3.86. The van der Waals surface area contributed by atoms with Gasteiger partial charge in [0.2, 0.25) is 0 Å². The molecule has 0 amide bonds. The number of nitrogens with one attached hydrogen (secondary N) is 1. The van der Waals surface area contributed by atoms with Crippen molar-refractivity contribution in [1.29, 1.82) is 0 Å². The van der Waals surface area contributed by atoms with Crippen LogP contribution in [-0.4, -0.2) is 17.7 Å². The van der Waals surface area contributed by atoms with E-state index in [9.17, 15) is 9.50 Å². The number of benzene rings is 1. The van der Waals surface area contributed by atoms with Gasteiger partial charge in [0.15, 0.2) is 0 Å². The van der Waals surface area contributed by atoms with Crippen molar-refractivity contribution in [3.05, 3.63) is 29.6 Å². The first-order valence-corrected chi connectivity index (χ1v) is 4.97. The van der Waals surface area contributed by atoms with Crippen molar-refractivity contribution in [2.75, 3.05) is 12.3 Å². The Morgan fingerprint density at radius 2 is 2.13 bits per heavy atom. The lowest BCUT2D eigenvalue weighted by Gasteiger charge is -2.14. The van der Waals surface area contributed by atoms with Crippen molar-refractivity contribution in [2.45, 2.75) is 26.0 Å². The molecule has 0 spiro atoms. The maximum Gasteiger partial charge on any atom is 0.146 e. The predicted octanol–water partition coefficient (Wildman–Crippen LogP) is 1.44. The molecule has 1 unspecified atom stereocenters. The van der Waals surface area contributed by atoms with Crippen molar-refractivity contribution >= 4 is 5.69 Å². The summed E-state index contributed by atoms with van der Waals surface area (Å²) in [6.45, 7) is 4.37. The molecule has 0 bridgehead atoms. The summed E-state index contributed by atoms with van der Waals surface area (Å²) in [4.78, 5) is 0. The minimum atomic E-state index is -0.706. The average molecular weight is 212 g/mol. The zero-order valence-electron chi connectivity index (χ0n) is 9.00. The van der Waals surface area contributed by atoms with Crippen LogP contribution in [-0.2, 0) is 0 Å². The summed E-state index contributed by atoms with van der Waals surface area (Å²) >= 11 is 0. The Kier molecular flexibility index (Phi) is 4.05. The van der Waals surface area contributed by atoms with Gasteiger partial charge >= 0.3 is 0 Å². The highest BCUT2D eigenvalue weighted by Crippen LogP contribution is 2.17. The second-order valence-corrected chi connectivity index (χ2v) is 3.86. The van der Waals surface area contributed by atoms with Crippen LogP contribution in [0.25, 0.3) is 0 Å². The van der Waals surface area contributed by atoms with Gasteiger partial charge < -0.3 is 16.2 Å². The number of rotatable bonds is 4. The van der Waals surface area contributed by atoms with E-state index < -0.39 is 11.9 Å². The molecule has 0 aliphatic rings. The summed E-state index contributed by atoms with van der Waals surface area (Å²) in [5, 5.41) is 12.8. The number of aliphatic hydroxyl groups excluding tert-OH is 1. The fraction of sp³-hybridized carbons (Fsp3) is 0.455. The highest BCUT2D eigenvalue weighted by atomic mass is 19.1. The number of hydrogen-bond donors (Lipinski definition) is 3. The largest absolute Gasteiger partial charge is 0.396 e. The van der Waals surface area contributed by atoms with Crippen LogP contribution in [0, 0.1) is 5.82 Å². The zero-order chi connectivity index (χ0) is 11.4. The molecule has 0 aliphatic carbocycles. The van der Waals surface area contributed by atoms with E-state index in [2.05, 4.69) is 5.32 Å². The maximum absolute atomic E-state index is 13.1. The molecule has 84 valence electrons. The third-order valence-corrected chi connectivity index (χ3v) is 2.13. The van der Waals surface area contributed by atoms with E-state index >= 15 is 0 Å². The number of aliphatic hydroxyl groups is 1. The van der Waals surface area contributed by atoms with Crippen molar-refractivity contribution < 1.29 is 9.50 Å². The Balaban J connectivity index is 2.65. The summed E-state index contributed by atoms with van der Waals surface area (Å²) in [6, 6.07) is 4.65. The number of halogens is 1. The molecule has 1 atom stereocenters. The summed E-state index contributed by atoms with van der Waals surface area (Å²) in [6.07, 6.45) is -0.706. The minimum Gasteiger partial charge on any atom is -0.396 e. The van der Waals surface area contributed by atoms with Crippen molar-refractivity contribution in [3.63, 3.8) is 0 Å². The standard InChI is InChI=1S/C11H17FN2O/c1-7(2)14-6-11(15)8-3-4-10(13)9(12)5-8/h3-5,7,11,14-15H,6,13H2,1-2H3. The Morgan fingerprint density at radius 1 is 1.47 bits per heavy atom. The summed E-state index contributed by atoms with van der Waals surface area (Å²) in [5.74, 6) is -0.490. The topological polar surface area (TPSA) is 58.3 Å². The summed E-state index contributed by atoms with van der Waals surface area (Å²) < 4.78 is 13.1. The Labute approximate surface area is 89.1 Å². The molecule has 1 rings (SSSR count). The van der Waals surface area contributed by atoms with Crippen LogP contribution >= 0.6 is 0 Å². The molecule has 1 aromatic carbocycles. The minimum absolute atomic E-state index is 0.0998. The SMILES string of the molecule is CC(C)NCC(O)c1ccc(N)c(F)c1. The van der Waals surface area contributed by atoms with Crippen LogP contribution < -0.4 is 11.1 Å². The van der Waals surface area contributed by atoms with Crippen molar-refractivity contribution in [2.24, 2.45) is 0 Å². The molecule has 4 heteroatoms. The van der Waals surface area contributed by atoms with Gasteiger partial charge in [0, 0.05) is 12.6 Å². The molecule has 1 aromatic rings. The lowest BCUT2D eigenvalue weighted by Crippen LogP contribution is -2.27. The van der Waals surface area contributed by atoms with E-state index in [0.717, 1.165) is 0 Å². The highest BCUT2D eigenvalue weighted by Gasteiger charge is 2.09. The molecular formula is C11H17FN2O. The van der Waals surface area contributed by atoms with Gasteiger partial charge in [-0.3, -0.25) is 0 Å². The number of nitrogen functional groups attached to an aromatic ring is 1. The third-order valence-electron chi connectivity index (χ3n) is 2.13. The number of hydrogen-bond acceptors (Lipinski definition) is 3. The molecule has 0 aromatic heterocycles. The smallest absolute Gasteiger partial charge is 0.146 e. The van der Waals surface area contributed by atoms with Gasteiger partial charge in [0.05, 0.1) is 11.8 Å². The first-order chi connectivity index (χ1) is 7.00. The van der Waals surface area contributed by atoms with Gasteiger partial charge in [0.1, 0.15) is 5.82 Å². The van der Waals surface area contributed by atoms with E-state index in [4.69, 9.17) is 5.73 Å². The molecule has 4 N–H and O–H groups in total. The van der Waals surface area contributed by atoms with E-state index in [-0.39, 0.29) is 5.69 Å². The van der Waals surface area contributed by atoms with Crippen LogP contribution in [0.5, 0.6) is 0 Å². The highest BCUT2D eigenvalue weighted by molar-refractivity contribution is 5.41. The van der Waals surface area contributed by atoms with Crippen LogP contribution in [0.3, 0.4) is 0 Å². The molecule has 0 saturated heterocycles. The fourth-order valence-corrected chi connectivity index (χ4v) is 1.22. The summed E-state index contributed by atoms with van der Waals surface area (Å²) in [5.41, 5.74) is 5.98. The van der Waals surface area contributed by atoms with Crippen LogP contribution in [0.1, 0.15) is 25.5 Å². The Hall–Kier alpha value is -1.13. The molecule has 0 heterocycles. The van der Waals surface area contributed by atoms with E-state index in [1.807, 2.05) is 13.8 Å². The monoisotopic (exact) mass is 212 g/mol. The molecule has 15 heavy (non-hydrogen) atoms. The lowest BCUT2D eigenvalue weighted by atomic mass is 10.1. The molecule has 0 radical (unpaired) electrons. The molecule has 0 fully saturated rings. The van der Waals surface area contributed by atoms with Crippen LogP contribution in [0.15, 0.2) is 18.2 Å². The zero-order valence-corrected chi connectivity index (χ0v) is 9.00. The lowest BCUT2D eigenvalue weighted by molar-refractivity contribution is 0.171. The normalized spacial score (nSPS) is 13.1. The van der Waals surface area contributed by atoms with Crippen LogP contribution in [0.4, 0.5) is 10.1 Å². The van der Waals surface area contributed by atoms with E-state index in [0.29, 0.717) is 18.2 Å². The van der Waals surface area contributed by atoms with Crippen molar-refractivity contribution in [1.82, 2.24) is 5.32 Å². The maximum atomic E-state index is 13.1. The number of anilines is 1. The first kappa shape index (κ1) is 11.9. The van der Waals surface area contributed by atoms with E-state index in [1.165, 1.54) is 12.1 Å². The molecule has 0 saturated carbocycles. The first-order valence-electron chi connectivity index (χ1n) is 4.97. The molecular weight excluding hydrogens is 195 g/mol. The molecule has 0 aliphatic heterocycles. The van der Waals surface area contributed by atoms with Gasteiger partial charge in [-0.05, 0) is 17.7 Å². The second kappa shape index (κ2) is 5.09. The van der Waals surface area contributed by atoms with Crippen LogP contribution in [0.2, 0.25) is 0 Å². The van der Waals surface area contributed by atoms with Gasteiger partial charge in [-0.2, -0.15) is 0 Å². The van der Waals surface area contributed by atoms with Gasteiger partial charge in [0.25, 0.3) is 0 Å². The number of nitrogens with two attached hydrogens (primary N) is 1. The summed E-state index contributed by atoms with van der Waals surface area (Å²) in [7, 11) is 0. The average Bonchev–Trinajstić information content (AvgIpc) is 2.18. The van der Waals surface area contributed by atoms with Gasteiger partial charge in [-0.15, -0.1) is 0 Å². The van der Waals surface area contributed by atoms with Gasteiger partial charge in [-0.1, -0.05) is 19.9 Å². The Morgan fingerprint density at radius 3 is 2.67 bits per heavy atom. The quantitative estimate of drug-likeness (QED) is 0.662. The fourth-order valence-electron chi connectivity index (χ4n) is 1.22. The van der Waals surface area contributed by atoms with Gasteiger partial charge in [-0.25, -0.2) is 4.39 Å². The predicted molar refractivity (Wildman–Crippen MR) is 58.9 cm³/mol. The van der Waals surface area contributed by atoms with Crippen molar-refractivity contribution in [3.8, 4) is 0 Å². The van der Waals surface area contributed by atoms with E-state index in [1.54, 1.807) is 6.07 Å². The Bertz CT molecular complexity index is 328.